The van der Waals surface area contributed by atoms with E-state index in [1.165, 1.54) is 41.6 Å². The first-order valence-corrected chi connectivity index (χ1v) is 11.9. The minimum absolute atomic E-state index is 0.344. The molecule has 2 nitrogen and oxygen atoms in total. The standard InChI is InChI=1S/C27H30Cl2N2/c1-30(24-12-4-2-5-13-24)16-8-3-9-17-31-20-23-11-7-6-10-21(23)19-27(31)22-14-15-25(28)26(29)18-22/h2,4-7,10-15,18,27H,3,8-9,16-17,19-20H2,1H3. The van der Waals surface area contributed by atoms with Crippen LogP contribution in [0.5, 0.6) is 0 Å². The Labute approximate surface area is 196 Å². The second-order valence-electron chi connectivity index (χ2n) is 8.45. The van der Waals surface area contributed by atoms with Crippen LogP contribution in [0.3, 0.4) is 0 Å². The number of para-hydroxylation sites is 1. The highest BCUT2D eigenvalue weighted by Crippen LogP contribution is 2.35. The van der Waals surface area contributed by atoms with Crippen LogP contribution in [-0.4, -0.2) is 25.0 Å². The third-order valence-electron chi connectivity index (χ3n) is 6.31. The van der Waals surface area contributed by atoms with Crippen molar-refractivity contribution in [1.29, 1.82) is 0 Å². The Balaban J connectivity index is 1.37. The van der Waals surface area contributed by atoms with E-state index in [0.29, 0.717) is 16.1 Å². The van der Waals surface area contributed by atoms with E-state index in [1.807, 2.05) is 12.1 Å². The van der Waals surface area contributed by atoms with Gasteiger partial charge in [-0.1, -0.05) is 78.2 Å². The molecule has 0 radical (unpaired) electrons. The van der Waals surface area contributed by atoms with E-state index in [1.54, 1.807) is 0 Å². The van der Waals surface area contributed by atoms with E-state index in [-0.39, 0.29) is 0 Å². The van der Waals surface area contributed by atoms with Gasteiger partial charge >= 0.3 is 0 Å². The summed E-state index contributed by atoms with van der Waals surface area (Å²) in [5.74, 6) is 0. The van der Waals surface area contributed by atoms with Crippen LogP contribution in [-0.2, 0) is 13.0 Å². The van der Waals surface area contributed by atoms with Crippen molar-refractivity contribution < 1.29 is 0 Å². The van der Waals surface area contributed by atoms with Crippen molar-refractivity contribution in [3.8, 4) is 0 Å². The highest BCUT2D eigenvalue weighted by Gasteiger charge is 2.27. The number of fused-ring (bicyclic) bond motifs is 1. The molecule has 0 aromatic heterocycles. The fourth-order valence-electron chi connectivity index (χ4n) is 4.51. The van der Waals surface area contributed by atoms with Gasteiger partial charge < -0.3 is 4.90 Å². The van der Waals surface area contributed by atoms with Gasteiger partial charge in [0.1, 0.15) is 0 Å². The Morgan fingerprint density at radius 1 is 0.839 bits per heavy atom. The van der Waals surface area contributed by atoms with Gasteiger partial charge in [0.25, 0.3) is 0 Å². The first-order chi connectivity index (χ1) is 15.1. The van der Waals surface area contributed by atoms with Crippen LogP contribution in [0.4, 0.5) is 5.69 Å². The van der Waals surface area contributed by atoms with E-state index in [4.69, 9.17) is 23.2 Å². The van der Waals surface area contributed by atoms with Crippen LogP contribution < -0.4 is 4.90 Å². The highest BCUT2D eigenvalue weighted by atomic mass is 35.5. The van der Waals surface area contributed by atoms with Gasteiger partial charge in [-0.2, -0.15) is 0 Å². The van der Waals surface area contributed by atoms with Gasteiger partial charge in [-0.15, -0.1) is 0 Å². The lowest BCUT2D eigenvalue weighted by atomic mass is 9.89. The minimum Gasteiger partial charge on any atom is -0.375 e. The molecule has 1 aliphatic rings. The Bertz CT molecular complexity index is 990. The molecule has 0 amide bonds. The first-order valence-electron chi connectivity index (χ1n) is 11.1. The zero-order valence-corrected chi connectivity index (χ0v) is 19.6. The molecule has 1 atom stereocenters. The molecule has 0 fully saturated rings. The van der Waals surface area contributed by atoms with Gasteiger partial charge in [-0.05, 0) is 66.8 Å². The second-order valence-corrected chi connectivity index (χ2v) is 9.26. The summed E-state index contributed by atoms with van der Waals surface area (Å²) < 4.78 is 0. The molecule has 1 aliphatic heterocycles. The average molecular weight is 453 g/mol. The van der Waals surface area contributed by atoms with E-state index in [2.05, 4.69) is 77.5 Å². The number of hydrogen-bond donors (Lipinski definition) is 0. The summed E-state index contributed by atoms with van der Waals surface area (Å²) in [6, 6.07) is 25.9. The molecule has 0 bridgehead atoms. The molecule has 3 aromatic carbocycles. The molecule has 3 aromatic rings. The van der Waals surface area contributed by atoms with Gasteiger partial charge in [0.05, 0.1) is 10.0 Å². The summed E-state index contributed by atoms with van der Waals surface area (Å²) in [7, 11) is 2.18. The lowest BCUT2D eigenvalue weighted by Gasteiger charge is -2.37. The van der Waals surface area contributed by atoms with Gasteiger partial charge in [-0.3, -0.25) is 4.90 Å². The van der Waals surface area contributed by atoms with Crippen molar-refractivity contribution in [2.75, 3.05) is 25.0 Å². The van der Waals surface area contributed by atoms with Crippen LogP contribution in [0.2, 0.25) is 10.0 Å². The van der Waals surface area contributed by atoms with Gasteiger partial charge in [0.2, 0.25) is 0 Å². The molecule has 0 saturated carbocycles. The first kappa shape index (κ1) is 22.2. The Hall–Kier alpha value is -2.00. The summed E-state index contributed by atoms with van der Waals surface area (Å²) in [5, 5.41) is 1.26. The number of rotatable bonds is 8. The Kier molecular flexibility index (Phi) is 7.55. The molecule has 0 N–H and O–H groups in total. The molecule has 0 aliphatic carbocycles. The zero-order chi connectivity index (χ0) is 21.6. The normalized spacial score (nSPS) is 16.2. The molecular formula is C27H30Cl2N2. The van der Waals surface area contributed by atoms with Gasteiger partial charge in [0.15, 0.2) is 0 Å². The molecule has 31 heavy (non-hydrogen) atoms. The summed E-state index contributed by atoms with van der Waals surface area (Å²) in [6.45, 7) is 3.17. The lowest BCUT2D eigenvalue weighted by molar-refractivity contribution is 0.168. The largest absolute Gasteiger partial charge is 0.375 e. The number of anilines is 1. The number of benzene rings is 3. The minimum atomic E-state index is 0.344. The van der Waals surface area contributed by atoms with E-state index in [0.717, 1.165) is 26.1 Å². The van der Waals surface area contributed by atoms with Crippen molar-refractivity contribution in [2.24, 2.45) is 0 Å². The van der Waals surface area contributed by atoms with Gasteiger partial charge in [0, 0.05) is 31.9 Å². The number of halogens is 2. The quantitative estimate of drug-likeness (QED) is 0.328. The maximum absolute atomic E-state index is 6.35. The maximum Gasteiger partial charge on any atom is 0.0595 e. The third-order valence-corrected chi connectivity index (χ3v) is 7.05. The molecule has 0 saturated heterocycles. The van der Waals surface area contributed by atoms with Crippen molar-refractivity contribution in [1.82, 2.24) is 4.90 Å². The predicted molar refractivity (Wildman–Crippen MR) is 133 cm³/mol. The smallest absolute Gasteiger partial charge is 0.0595 e. The van der Waals surface area contributed by atoms with Crippen LogP contribution in [0.15, 0.2) is 72.8 Å². The predicted octanol–water partition coefficient (Wildman–Crippen LogP) is 7.40. The second kappa shape index (κ2) is 10.5. The van der Waals surface area contributed by atoms with Crippen LogP contribution in [0.1, 0.15) is 42.0 Å². The molecule has 1 unspecified atom stereocenters. The van der Waals surface area contributed by atoms with Crippen molar-refractivity contribution in [3.63, 3.8) is 0 Å². The lowest BCUT2D eigenvalue weighted by Crippen LogP contribution is -2.35. The van der Waals surface area contributed by atoms with E-state index < -0.39 is 0 Å². The fraction of sp³-hybridized carbons (Fsp3) is 0.333. The van der Waals surface area contributed by atoms with Gasteiger partial charge in [-0.25, -0.2) is 0 Å². The van der Waals surface area contributed by atoms with Crippen molar-refractivity contribution >= 4 is 28.9 Å². The number of hydrogen-bond acceptors (Lipinski definition) is 2. The van der Waals surface area contributed by atoms with E-state index in [9.17, 15) is 0 Å². The molecule has 4 heteroatoms. The average Bonchev–Trinajstić information content (AvgIpc) is 2.80. The molecular weight excluding hydrogens is 423 g/mol. The molecule has 0 spiro atoms. The van der Waals surface area contributed by atoms with Crippen molar-refractivity contribution in [3.05, 3.63) is 99.5 Å². The molecule has 1 heterocycles. The summed E-state index contributed by atoms with van der Waals surface area (Å²) in [6.07, 6.45) is 4.64. The number of nitrogens with zero attached hydrogens (tertiary/aromatic N) is 2. The monoisotopic (exact) mass is 452 g/mol. The molecule has 162 valence electrons. The van der Waals surface area contributed by atoms with Crippen LogP contribution in [0.25, 0.3) is 0 Å². The van der Waals surface area contributed by atoms with Crippen LogP contribution >= 0.6 is 23.2 Å². The molecule has 4 rings (SSSR count). The summed E-state index contributed by atoms with van der Waals surface area (Å²) in [4.78, 5) is 4.96. The Morgan fingerprint density at radius 3 is 2.35 bits per heavy atom. The topological polar surface area (TPSA) is 6.48 Å². The summed E-state index contributed by atoms with van der Waals surface area (Å²) >= 11 is 12.5. The zero-order valence-electron chi connectivity index (χ0n) is 18.1. The summed E-state index contributed by atoms with van der Waals surface area (Å²) in [5.41, 5.74) is 5.43. The number of unbranched alkanes of at least 4 members (excludes halogenated alkanes) is 2. The SMILES string of the molecule is CN(CCCCCN1Cc2ccccc2CC1c1ccc(Cl)c(Cl)c1)c1ccccc1. The third kappa shape index (κ3) is 5.63. The maximum atomic E-state index is 6.35. The fourth-order valence-corrected chi connectivity index (χ4v) is 4.82. The highest BCUT2D eigenvalue weighted by molar-refractivity contribution is 6.42. The Morgan fingerprint density at radius 2 is 1.58 bits per heavy atom. The van der Waals surface area contributed by atoms with Crippen molar-refractivity contribution in [2.45, 2.75) is 38.3 Å². The van der Waals surface area contributed by atoms with E-state index >= 15 is 0 Å². The van der Waals surface area contributed by atoms with Crippen LogP contribution in [0, 0.1) is 0 Å².